The van der Waals surface area contributed by atoms with E-state index in [0.29, 0.717) is 0 Å². The molecule has 0 amide bonds. The van der Waals surface area contributed by atoms with Crippen molar-refractivity contribution in [2.24, 2.45) is 22.7 Å². The predicted molar refractivity (Wildman–Crippen MR) is 116 cm³/mol. The van der Waals surface area contributed by atoms with Crippen molar-refractivity contribution >= 4 is 0 Å². The van der Waals surface area contributed by atoms with Crippen molar-refractivity contribution in [3.8, 4) is 0 Å². The van der Waals surface area contributed by atoms with Crippen LogP contribution < -0.4 is 0 Å². The van der Waals surface area contributed by atoms with Gasteiger partial charge in [-0.2, -0.15) is 0 Å². The van der Waals surface area contributed by atoms with Gasteiger partial charge in [0.2, 0.25) is 0 Å². The molecular weight excluding hydrogens is 312 g/mol. The van der Waals surface area contributed by atoms with Crippen molar-refractivity contribution in [1.82, 2.24) is 0 Å². The second-order valence-electron chi connectivity index (χ2n) is 10.7. The third-order valence-corrected chi connectivity index (χ3v) is 9.20. The second-order valence-corrected chi connectivity index (χ2v) is 10.7. The Balaban J connectivity index is 1.38. The highest BCUT2D eigenvalue weighted by atomic mass is 14.6. The van der Waals surface area contributed by atoms with Crippen molar-refractivity contribution < 1.29 is 0 Å². The van der Waals surface area contributed by atoms with E-state index in [0.717, 1.165) is 22.7 Å². The maximum absolute atomic E-state index is 2.35. The van der Waals surface area contributed by atoms with Gasteiger partial charge in [-0.05, 0) is 80.5 Å². The fourth-order valence-corrected chi connectivity index (χ4v) is 7.13. The Morgan fingerprint density at radius 3 is 1.81 bits per heavy atom. The van der Waals surface area contributed by atoms with Gasteiger partial charge in [0.1, 0.15) is 0 Å². The Morgan fingerprint density at radius 2 is 1.19 bits per heavy atom. The molecule has 0 unspecified atom stereocenters. The fourth-order valence-electron chi connectivity index (χ4n) is 7.13. The van der Waals surface area contributed by atoms with E-state index in [4.69, 9.17) is 0 Å². The lowest BCUT2D eigenvalue weighted by molar-refractivity contribution is -0.0655. The molecule has 4 fully saturated rings. The van der Waals surface area contributed by atoms with E-state index in [1.54, 1.807) is 77.0 Å². The maximum Gasteiger partial charge on any atom is -0.0269 e. The third-order valence-electron chi connectivity index (χ3n) is 9.20. The molecule has 0 aromatic heterocycles. The summed E-state index contributed by atoms with van der Waals surface area (Å²) in [5, 5.41) is 0. The molecule has 152 valence electrons. The van der Waals surface area contributed by atoms with E-state index in [1.165, 1.54) is 51.4 Å². The van der Waals surface area contributed by atoms with E-state index in [-0.39, 0.29) is 0 Å². The van der Waals surface area contributed by atoms with Crippen LogP contribution in [0.1, 0.15) is 142 Å². The minimum atomic E-state index is 0.798. The first kappa shape index (κ1) is 20.7. The van der Waals surface area contributed by atoms with Gasteiger partial charge < -0.3 is 0 Å². The minimum Gasteiger partial charge on any atom is -0.0654 e. The Kier molecular flexibility index (Phi) is 7.95. The van der Waals surface area contributed by atoms with Gasteiger partial charge in [-0.1, -0.05) is 84.5 Å². The van der Waals surface area contributed by atoms with Gasteiger partial charge in [0.15, 0.2) is 0 Å². The molecule has 26 heavy (non-hydrogen) atoms. The molecule has 2 bridgehead atoms. The molecule has 0 nitrogen and oxygen atoms in total. The molecule has 0 heteroatoms. The van der Waals surface area contributed by atoms with Crippen molar-refractivity contribution in [2.45, 2.75) is 142 Å². The lowest BCUT2D eigenvalue weighted by Gasteiger charge is -2.58. The maximum atomic E-state index is 2.35. The lowest BCUT2D eigenvalue weighted by Crippen LogP contribution is -2.46. The van der Waals surface area contributed by atoms with Gasteiger partial charge >= 0.3 is 0 Å². The van der Waals surface area contributed by atoms with Gasteiger partial charge in [-0.15, -0.1) is 0 Å². The molecule has 0 atom stereocenters. The molecule has 0 heterocycles. The first-order chi connectivity index (χ1) is 12.7. The van der Waals surface area contributed by atoms with Crippen molar-refractivity contribution in [1.29, 1.82) is 0 Å². The minimum absolute atomic E-state index is 0.798. The SMILES string of the molecule is CCCCCCC[C@H]1CC[C@H](C23CCC(CCCCC)(CC2)CC3)CC1. The summed E-state index contributed by atoms with van der Waals surface area (Å²) in [7, 11) is 0. The van der Waals surface area contributed by atoms with Gasteiger partial charge in [0.25, 0.3) is 0 Å². The topological polar surface area (TPSA) is 0 Å². The molecule has 0 aromatic rings. The highest BCUT2D eigenvalue weighted by Gasteiger charge is 2.51. The molecule has 0 aromatic carbocycles. The third kappa shape index (κ3) is 5.08. The molecule has 4 saturated carbocycles. The molecule has 0 saturated heterocycles. The lowest BCUT2D eigenvalue weighted by atomic mass is 9.47. The predicted octanol–water partition coefficient (Wildman–Crippen LogP) is 9.07. The number of unbranched alkanes of at least 4 members (excludes halogenated alkanes) is 6. The Hall–Kier alpha value is 0. The summed E-state index contributed by atoms with van der Waals surface area (Å²) in [6.07, 6.45) is 30.7. The summed E-state index contributed by atoms with van der Waals surface area (Å²) >= 11 is 0. The van der Waals surface area contributed by atoms with Crippen molar-refractivity contribution in [3.05, 3.63) is 0 Å². The quantitative estimate of drug-likeness (QED) is 0.322. The van der Waals surface area contributed by atoms with E-state index >= 15 is 0 Å². The standard InChI is InChI=1S/C26H48/c1-3-5-7-8-9-11-23-12-14-24(15-13-23)26-20-17-25(18-21-26,19-22-26)16-10-6-4-2/h23-24H,3-22H2,1-2H3/t23-,24-,25?,26?. The Labute approximate surface area is 165 Å². The largest absolute Gasteiger partial charge is 0.0654 e. The smallest absolute Gasteiger partial charge is 0.0269 e. The summed E-state index contributed by atoms with van der Waals surface area (Å²) < 4.78 is 0. The van der Waals surface area contributed by atoms with Crippen LogP contribution >= 0.6 is 0 Å². The number of fused-ring (bicyclic) bond motifs is 3. The first-order valence-corrected chi connectivity index (χ1v) is 12.7. The summed E-state index contributed by atoms with van der Waals surface area (Å²) in [6, 6.07) is 0. The highest BCUT2D eigenvalue weighted by Crippen LogP contribution is 2.63. The van der Waals surface area contributed by atoms with Gasteiger partial charge in [0, 0.05) is 0 Å². The zero-order valence-corrected chi connectivity index (χ0v) is 18.3. The van der Waals surface area contributed by atoms with Crippen LogP contribution in [0.4, 0.5) is 0 Å². The Morgan fingerprint density at radius 1 is 0.615 bits per heavy atom. The van der Waals surface area contributed by atoms with Crippen molar-refractivity contribution in [3.63, 3.8) is 0 Å². The molecule has 0 radical (unpaired) electrons. The average Bonchev–Trinajstić information content (AvgIpc) is 2.70. The highest BCUT2D eigenvalue weighted by molar-refractivity contribution is 5.02. The van der Waals surface area contributed by atoms with Gasteiger partial charge in [-0.25, -0.2) is 0 Å². The van der Waals surface area contributed by atoms with E-state index in [9.17, 15) is 0 Å². The van der Waals surface area contributed by atoms with Crippen LogP contribution in [0.3, 0.4) is 0 Å². The Bertz CT molecular complexity index is 362. The van der Waals surface area contributed by atoms with Crippen LogP contribution in [0.2, 0.25) is 0 Å². The molecule has 0 aliphatic heterocycles. The molecule has 0 N–H and O–H groups in total. The molecule has 4 aliphatic rings. The van der Waals surface area contributed by atoms with E-state index in [1.807, 2.05) is 0 Å². The van der Waals surface area contributed by atoms with Crippen LogP contribution in [0.5, 0.6) is 0 Å². The zero-order valence-electron chi connectivity index (χ0n) is 18.3. The summed E-state index contributed by atoms with van der Waals surface area (Å²) in [6.45, 7) is 4.68. The van der Waals surface area contributed by atoms with Crippen LogP contribution in [-0.4, -0.2) is 0 Å². The van der Waals surface area contributed by atoms with Crippen LogP contribution in [0.15, 0.2) is 0 Å². The average molecular weight is 361 g/mol. The van der Waals surface area contributed by atoms with Crippen LogP contribution in [0, 0.1) is 22.7 Å². The van der Waals surface area contributed by atoms with Gasteiger partial charge in [-0.3, -0.25) is 0 Å². The van der Waals surface area contributed by atoms with Crippen LogP contribution in [0.25, 0.3) is 0 Å². The van der Waals surface area contributed by atoms with Crippen molar-refractivity contribution in [2.75, 3.05) is 0 Å². The van der Waals surface area contributed by atoms with Gasteiger partial charge in [0.05, 0.1) is 0 Å². The molecule has 0 spiro atoms. The van der Waals surface area contributed by atoms with E-state index < -0.39 is 0 Å². The summed E-state index contributed by atoms with van der Waals surface area (Å²) in [5.41, 5.74) is 1.60. The molecule has 4 aliphatic carbocycles. The first-order valence-electron chi connectivity index (χ1n) is 12.7. The second kappa shape index (κ2) is 9.97. The zero-order chi connectivity index (χ0) is 18.3. The van der Waals surface area contributed by atoms with Crippen LogP contribution in [-0.2, 0) is 0 Å². The molecular formula is C26H48. The fraction of sp³-hybridized carbons (Fsp3) is 1.00. The number of hydrogen-bond acceptors (Lipinski definition) is 0. The monoisotopic (exact) mass is 360 g/mol. The molecule has 4 rings (SSSR count). The number of hydrogen-bond donors (Lipinski definition) is 0. The summed E-state index contributed by atoms with van der Waals surface area (Å²) in [5.74, 6) is 2.19. The van der Waals surface area contributed by atoms with E-state index in [2.05, 4.69) is 13.8 Å². The normalized spacial score (nSPS) is 37.2. The number of rotatable bonds is 11. The summed E-state index contributed by atoms with van der Waals surface area (Å²) in [4.78, 5) is 0.